The number of benzene rings is 1. The van der Waals surface area contributed by atoms with Crippen LogP contribution in [0.1, 0.15) is 5.69 Å². The van der Waals surface area contributed by atoms with Gasteiger partial charge in [0.2, 0.25) is 11.5 Å². The van der Waals surface area contributed by atoms with Crippen molar-refractivity contribution in [1.82, 2.24) is 0 Å². The summed E-state index contributed by atoms with van der Waals surface area (Å²) in [6.45, 7) is -0.320. The number of ether oxygens (including phenoxy) is 1. The van der Waals surface area contributed by atoms with Gasteiger partial charge in [-0.3, -0.25) is 0 Å². The lowest BCUT2D eigenvalue weighted by Gasteiger charge is -2.05. The summed E-state index contributed by atoms with van der Waals surface area (Å²) < 4.78 is 5.21. The van der Waals surface area contributed by atoms with Crippen molar-refractivity contribution in [1.29, 1.82) is 0 Å². The summed E-state index contributed by atoms with van der Waals surface area (Å²) in [6.07, 6.45) is 1.68. The van der Waals surface area contributed by atoms with Crippen LogP contribution in [0.3, 0.4) is 0 Å². The average molecular weight is 307 g/mol. The highest BCUT2D eigenvalue weighted by Crippen LogP contribution is 2.22. The van der Waals surface area contributed by atoms with Crippen molar-refractivity contribution in [2.75, 3.05) is 6.61 Å². The number of oxime groups is 1. The number of para-hydroxylation sites is 1. The van der Waals surface area contributed by atoms with E-state index in [1.807, 2.05) is 0 Å². The number of nitrogens with two attached hydrogens (primary N) is 1. The SMILES string of the molecule is NC(=NOC(=O)COc1ccccc1Cl)c1cccc[nH+]1. The van der Waals surface area contributed by atoms with Gasteiger partial charge >= 0.3 is 5.97 Å². The smallest absolute Gasteiger partial charge is 0.372 e. The van der Waals surface area contributed by atoms with Gasteiger partial charge in [0.05, 0.1) is 5.02 Å². The van der Waals surface area contributed by atoms with E-state index in [1.165, 1.54) is 0 Å². The van der Waals surface area contributed by atoms with E-state index < -0.39 is 5.97 Å². The minimum Gasteiger partial charge on any atom is -0.480 e. The summed E-state index contributed by atoms with van der Waals surface area (Å²) in [5.74, 6) is -0.236. The van der Waals surface area contributed by atoms with Gasteiger partial charge in [-0.05, 0) is 18.2 Å². The lowest BCUT2D eigenvalue weighted by molar-refractivity contribution is -0.380. The van der Waals surface area contributed by atoms with Crippen molar-refractivity contribution in [2.24, 2.45) is 10.9 Å². The first-order valence-corrected chi connectivity index (χ1v) is 6.42. The van der Waals surface area contributed by atoms with E-state index in [0.717, 1.165) is 0 Å². The van der Waals surface area contributed by atoms with Crippen LogP contribution in [-0.4, -0.2) is 18.4 Å². The van der Waals surface area contributed by atoms with Crippen LogP contribution < -0.4 is 15.5 Å². The van der Waals surface area contributed by atoms with Crippen molar-refractivity contribution < 1.29 is 19.4 Å². The third kappa shape index (κ3) is 4.47. The van der Waals surface area contributed by atoms with Crippen LogP contribution in [0.4, 0.5) is 0 Å². The van der Waals surface area contributed by atoms with E-state index in [9.17, 15) is 4.79 Å². The molecular weight excluding hydrogens is 294 g/mol. The molecule has 0 spiro atoms. The minimum atomic E-state index is -0.686. The molecule has 0 aliphatic carbocycles. The molecule has 1 heterocycles. The van der Waals surface area contributed by atoms with Gasteiger partial charge in [-0.2, -0.15) is 0 Å². The van der Waals surface area contributed by atoms with Crippen molar-refractivity contribution in [3.05, 3.63) is 59.4 Å². The number of H-pyrrole nitrogens is 1. The number of nitrogens with one attached hydrogen (secondary N) is 1. The van der Waals surface area contributed by atoms with Crippen molar-refractivity contribution in [2.45, 2.75) is 0 Å². The summed E-state index contributed by atoms with van der Waals surface area (Å²) in [4.78, 5) is 19.0. The number of hydrogen-bond acceptors (Lipinski definition) is 4. The molecule has 0 radical (unpaired) electrons. The molecule has 6 nitrogen and oxygen atoms in total. The van der Waals surface area contributed by atoms with Gasteiger partial charge in [-0.25, -0.2) is 9.78 Å². The Morgan fingerprint density at radius 2 is 2.00 bits per heavy atom. The number of amidine groups is 1. The summed E-state index contributed by atoms with van der Waals surface area (Å²) in [6, 6.07) is 12.1. The molecule has 0 unspecified atom stereocenters. The van der Waals surface area contributed by atoms with Crippen LogP contribution in [0.2, 0.25) is 5.02 Å². The van der Waals surface area contributed by atoms with Crippen LogP contribution in [0.5, 0.6) is 5.75 Å². The number of aromatic amines is 1. The zero-order valence-corrected chi connectivity index (χ0v) is 11.7. The first-order valence-electron chi connectivity index (χ1n) is 6.04. The molecule has 108 valence electrons. The molecule has 0 saturated heterocycles. The number of hydrogen-bond donors (Lipinski definition) is 1. The molecule has 1 aromatic carbocycles. The van der Waals surface area contributed by atoms with Crippen molar-refractivity contribution in [3.63, 3.8) is 0 Å². The summed E-state index contributed by atoms with van der Waals surface area (Å²) in [5.41, 5.74) is 6.19. The van der Waals surface area contributed by atoms with Gasteiger partial charge in [0.15, 0.2) is 12.8 Å². The largest absolute Gasteiger partial charge is 0.480 e. The van der Waals surface area contributed by atoms with Gasteiger partial charge < -0.3 is 15.3 Å². The van der Waals surface area contributed by atoms with E-state index in [0.29, 0.717) is 16.5 Å². The molecule has 7 heteroatoms. The predicted octanol–water partition coefficient (Wildman–Crippen LogP) is 1.40. The second kappa shape index (κ2) is 7.25. The highest BCUT2D eigenvalue weighted by Gasteiger charge is 2.09. The van der Waals surface area contributed by atoms with Crippen LogP contribution in [-0.2, 0) is 9.63 Å². The minimum absolute atomic E-state index is 0.0571. The predicted molar refractivity (Wildman–Crippen MR) is 76.8 cm³/mol. The zero-order valence-electron chi connectivity index (χ0n) is 11.0. The Morgan fingerprint density at radius 3 is 2.71 bits per heavy atom. The Bertz CT molecular complexity index is 647. The van der Waals surface area contributed by atoms with Crippen LogP contribution in [0.15, 0.2) is 53.8 Å². The molecule has 2 rings (SSSR count). The molecule has 0 aliphatic rings. The highest BCUT2D eigenvalue weighted by molar-refractivity contribution is 6.32. The van der Waals surface area contributed by atoms with Crippen LogP contribution >= 0.6 is 11.6 Å². The second-order valence-corrected chi connectivity index (χ2v) is 4.34. The fourth-order valence-electron chi connectivity index (χ4n) is 1.43. The molecule has 0 amide bonds. The Morgan fingerprint density at radius 1 is 1.24 bits per heavy atom. The fourth-order valence-corrected chi connectivity index (χ4v) is 1.62. The Hall–Kier alpha value is -2.60. The molecule has 1 aromatic heterocycles. The van der Waals surface area contributed by atoms with Gasteiger partial charge in [0, 0.05) is 12.1 Å². The van der Waals surface area contributed by atoms with E-state index in [4.69, 9.17) is 22.1 Å². The fraction of sp³-hybridized carbons (Fsp3) is 0.0714. The maximum absolute atomic E-state index is 11.5. The van der Waals surface area contributed by atoms with Crippen LogP contribution in [0.25, 0.3) is 0 Å². The van der Waals surface area contributed by atoms with Crippen LogP contribution in [0, 0.1) is 0 Å². The van der Waals surface area contributed by atoms with Gasteiger partial charge in [-0.15, -0.1) is 0 Å². The van der Waals surface area contributed by atoms with E-state index in [-0.39, 0.29) is 12.4 Å². The number of carbonyl (C=O) groups is 1. The van der Waals surface area contributed by atoms with Gasteiger partial charge in [-0.1, -0.05) is 28.9 Å². The molecule has 21 heavy (non-hydrogen) atoms. The maximum atomic E-state index is 11.5. The monoisotopic (exact) mass is 306 g/mol. The summed E-state index contributed by atoms with van der Waals surface area (Å²) in [7, 11) is 0. The van der Waals surface area contributed by atoms with Gasteiger partial charge in [0.25, 0.3) is 0 Å². The zero-order chi connectivity index (χ0) is 15.1. The summed E-state index contributed by atoms with van der Waals surface area (Å²) in [5, 5.41) is 3.94. The molecule has 0 aliphatic heterocycles. The van der Waals surface area contributed by atoms with Gasteiger partial charge in [0.1, 0.15) is 5.75 Å². The molecule has 0 atom stereocenters. The van der Waals surface area contributed by atoms with E-state index in [1.54, 1.807) is 48.7 Å². The quantitative estimate of drug-likeness (QED) is 0.391. The first-order chi connectivity index (χ1) is 10.2. The molecular formula is C14H13ClN3O3+. The number of halogens is 1. The number of aromatic nitrogens is 1. The van der Waals surface area contributed by atoms with E-state index >= 15 is 0 Å². The number of pyridine rings is 1. The Kier molecular flexibility index (Phi) is 5.11. The molecule has 0 fully saturated rings. The Balaban J connectivity index is 1.87. The molecule has 2 aromatic rings. The number of carbonyl (C=O) groups excluding carboxylic acids is 1. The normalized spacial score (nSPS) is 11.0. The Labute approximate surface area is 126 Å². The first kappa shape index (κ1) is 14.8. The van der Waals surface area contributed by atoms with E-state index in [2.05, 4.69) is 15.0 Å². The molecule has 3 N–H and O–H groups in total. The topological polar surface area (TPSA) is 88.1 Å². The number of nitrogens with zero attached hydrogens (tertiary/aromatic N) is 1. The lowest BCUT2D eigenvalue weighted by Crippen LogP contribution is -2.25. The maximum Gasteiger partial charge on any atom is 0.372 e. The molecule has 0 bridgehead atoms. The lowest BCUT2D eigenvalue weighted by atomic mass is 10.3. The third-order valence-corrected chi connectivity index (χ3v) is 2.73. The number of rotatable bonds is 5. The van der Waals surface area contributed by atoms with Crippen molar-refractivity contribution >= 4 is 23.4 Å². The average Bonchev–Trinajstić information content (AvgIpc) is 2.52. The standard InChI is InChI=1S/C14H12ClN3O3/c15-10-5-1-2-7-12(10)20-9-13(19)21-18-14(16)11-6-3-4-8-17-11/h1-8H,9H2,(H2,16,18)/p+1. The molecule has 0 saturated carbocycles. The summed E-state index contributed by atoms with van der Waals surface area (Å²) >= 11 is 5.89. The third-order valence-electron chi connectivity index (χ3n) is 2.41. The van der Waals surface area contributed by atoms with Crippen molar-refractivity contribution in [3.8, 4) is 5.75 Å². The second-order valence-electron chi connectivity index (χ2n) is 3.94. The highest BCUT2D eigenvalue weighted by atomic mass is 35.5.